The number of nitrogens with zero attached hydrogens (tertiary/aromatic N) is 2. The zero-order valence-corrected chi connectivity index (χ0v) is 15.3. The van der Waals surface area contributed by atoms with E-state index in [0.29, 0.717) is 16.9 Å². The molecule has 0 aliphatic heterocycles. The van der Waals surface area contributed by atoms with E-state index in [1.165, 1.54) is 0 Å². The molecule has 0 atom stereocenters. The molecule has 0 unspecified atom stereocenters. The highest BCUT2D eigenvalue weighted by Gasteiger charge is 2.09. The van der Waals surface area contributed by atoms with Gasteiger partial charge in [-0.05, 0) is 43.3 Å². The van der Waals surface area contributed by atoms with Gasteiger partial charge in [-0.25, -0.2) is 4.98 Å². The first-order valence-corrected chi connectivity index (χ1v) is 9.04. The molecule has 0 bridgehead atoms. The fourth-order valence-electron chi connectivity index (χ4n) is 2.44. The lowest BCUT2D eigenvalue weighted by Gasteiger charge is -2.08. The van der Waals surface area contributed by atoms with Crippen molar-refractivity contribution in [3.05, 3.63) is 64.5 Å². The summed E-state index contributed by atoms with van der Waals surface area (Å²) in [5, 5.41) is 16.9. The molecule has 134 valence electrons. The summed E-state index contributed by atoms with van der Waals surface area (Å²) >= 11 is 1.58. The van der Waals surface area contributed by atoms with E-state index in [1.54, 1.807) is 41.7 Å². The molecular weight excluding hydrogens is 360 g/mol. The molecule has 6 nitrogen and oxygen atoms in total. The SMILES string of the molecule is Cc1nc(-c2cccc(NC(=O)c3ccc(NC(=O)CC#N)cc3)c2)cs1. The molecule has 1 aromatic heterocycles. The number of hydrogen-bond acceptors (Lipinski definition) is 5. The lowest BCUT2D eigenvalue weighted by Crippen LogP contribution is -2.13. The predicted molar refractivity (Wildman–Crippen MR) is 106 cm³/mol. The lowest BCUT2D eigenvalue weighted by molar-refractivity contribution is -0.115. The number of nitrogens with one attached hydrogen (secondary N) is 2. The van der Waals surface area contributed by atoms with Gasteiger partial charge in [0.05, 0.1) is 16.8 Å². The maximum atomic E-state index is 12.4. The van der Waals surface area contributed by atoms with Crippen molar-refractivity contribution < 1.29 is 9.59 Å². The van der Waals surface area contributed by atoms with E-state index in [-0.39, 0.29) is 18.2 Å². The van der Waals surface area contributed by atoms with E-state index in [4.69, 9.17) is 5.26 Å². The van der Waals surface area contributed by atoms with Crippen LogP contribution < -0.4 is 10.6 Å². The van der Waals surface area contributed by atoms with Crippen LogP contribution >= 0.6 is 11.3 Å². The second kappa shape index (κ2) is 8.25. The normalized spacial score (nSPS) is 10.1. The van der Waals surface area contributed by atoms with Gasteiger partial charge in [0, 0.05) is 27.9 Å². The molecule has 2 aromatic carbocycles. The molecule has 2 N–H and O–H groups in total. The number of carbonyl (C=O) groups excluding carboxylic acids is 2. The molecule has 0 saturated heterocycles. The Kier molecular flexibility index (Phi) is 5.59. The molecule has 7 heteroatoms. The van der Waals surface area contributed by atoms with Gasteiger partial charge in [0.2, 0.25) is 5.91 Å². The number of benzene rings is 2. The van der Waals surface area contributed by atoms with Gasteiger partial charge in [0.25, 0.3) is 5.91 Å². The van der Waals surface area contributed by atoms with Gasteiger partial charge in [0.1, 0.15) is 6.42 Å². The molecule has 27 heavy (non-hydrogen) atoms. The second-order valence-electron chi connectivity index (χ2n) is 5.75. The minimum Gasteiger partial charge on any atom is -0.325 e. The molecule has 0 aliphatic rings. The van der Waals surface area contributed by atoms with Crippen molar-refractivity contribution >= 4 is 34.5 Å². The Labute approximate surface area is 160 Å². The first-order valence-electron chi connectivity index (χ1n) is 8.16. The molecule has 3 aromatic rings. The van der Waals surface area contributed by atoms with Gasteiger partial charge in [-0.2, -0.15) is 5.26 Å². The van der Waals surface area contributed by atoms with Crippen LogP contribution in [0.25, 0.3) is 11.3 Å². The smallest absolute Gasteiger partial charge is 0.255 e. The maximum absolute atomic E-state index is 12.4. The number of aryl methyl sites for hydroxylation is 1. The van der Waals surface area contributed by atoms with Crippen LogP contribution in [-0.2, 0) is 4.79 Å². The predicted octanol–water partition coefficient (Wildman–Crippen LogP) is 4.22. The number of nitriles is 1. The minimum atomic E-state index is -0.385. The Bertz CT molecular complexity index is 1020. The standard InChI is InChI=1S/C20H16N4O2S/c1-13-22-18(12-27-13)15-3-2-4-17(11-15)24-20(26)14-5-7-16(8-6-14)23-19(25)9-10-21/h2-8,11-12H,9H2,1H3,(H,23,25)(H,24,26). The van der Waals surface area contributed by atoms with Gasteiger partial charge in [0.15, 0.2) is 0 Å². The van der Waals surface area contributed by atoms with Gasteiger partial charge in [-0.15, -0.1) is 11.3 Å². The van der Waals surface area contributed by atoms with E-state index in [0.717, 1.165) is 16.3 Å². The molecule has 0 aliphatic carbocycles. The van der Waals surface area contributed by atoms with Gasteiger partial charge in [-0.1, -0.05) is 12.1 Å². The Morgan fingerprint density at radius 2 is 1.89 bits per heavy atom. The zero-order chi connectivity index (χ0) is 19.2. The van der Waals surface area contributed by atoms with Crippen LogP contribution in [0.2, 0.25) is 0 Å². The second-order valence-corrected chi connectivity index (χ2v) is 6.81. The van der Waals surface area contributed by atoms with Crippen molar-refractivity contribution in [1.29, 1.82) is 5.26 Å². The van der Waals surface area contributed by atoms with E-state index < -0.39 is 0 Å². The molecule has 0 radical (unpaired) electrons. The highest BCUT2D eigenvalue weighted by Crippen LogP contribution is 2.24. The topological polar surface area (TPSA) is 94.9 Å². The van der Waals surface area contributed by atoms with Crippen molar-refractivity contribution in [3.63, 3.8) is 0 Å². The number of carbonyl (C=O) groups is 2. The van der Waals surface area contributed by atoms with Crippen molar-refractivity contribution in [3.8, 4) is 17.3 Å². The quantitative estimate of drug-likeness (QED) is 0.697. The van der Waals surface area contributed by atoms with Crippen LogP contribution in [0.3, 0.4) is 0 Å². The van der Waals surface area contributed by atoms with Crippen LogP contribution in [0.5, 0.6) is 0 Å². The third-order valence-corrected chi connectivity index (χ3v) is 4.48. The van der Waals surface area contributed by atoms with Crippen LogP contribution in [-0.4, -0.2) is 16.8 Å². The lowest BCUT2D eigenvalue weighted by atomic mass is 10.1. The van der Waals surface area contributed by atoms with Crippen LogP contribution in [0, 0.1) is 18.3 Å². The number of aromatic nitrogens is 1. The summed E-state index contributed by atoms with van der Waals surface area (Å²) in [5.41, 5.74) is 3.49. The summed E-state index contributed by atoms with van der Waals surface area (Å²) in [6.45, 7) is 1.95. The minimum absolute atomic E-state index is 0.211. The average molecular weight is 376 g/mol. The highest BCUT2D eigenvalue weighted by molar-refractivity contribution is 7.09. The third-order valence-electron chi connectivity index (χ3n) is 3.71. The third kappa shape index (κ3) is 4.77. The molecule has 1 heterocycles. The number of rotatable bonds is 5. The molecule has 0 spiro atoms. The number of amides is 2. The summed E-state index contributed by atoms with van der Waals surface area (Å²) in [7, 11) is 0. The van der Waals surface area contributed by atoms with E-state index in [2.05, 4.69) is 15.6 Å². The van der Waals surface area contributed by atoms with Gasteiger partial charge < -0.3 is 10.6 Å². The van der Waals surface area contributed by atoms with Gasteiger partial charge in [-0.3, -0.25) is 9.59 Å². The van der Waals surface area contributed by atoms with Crippen molar-refractivity contribution in [2.45, 2.75) is 13.3 Å². The monoisotopic (exact) mass is 376 g/mol. The van der Waals surface area contributed by atoms with Crippen molar-refractivity contribution in [1.82, 2.24) is 4.98 Å². The summed E-state index contributed by atoms with van der Waals surface area (Å²) < 4.78 is 0. The summed E-state index contributed by atoms with van der Waals surface area (Å²) in [5.74, 6) is -0.639. The maximum Gasteiger partial charge on any atom is 0.255 e. The fourth-order valence-corrected chi connectivity index (χ4v) is 3.06. The fraction of sp³-hybridized carbons (Fsp3) is 0.100. The van der Waals surface area contributed by atoms with Crippen molar-refractivity contribution in [2.24, 2.45) is 0 Å². The van der Waals surface area contributed by atoms with Gasteiger partial charge >= 0.3 is 0 Å². The van der Waals surface area contributed by atoms with Crippen LogP contribution in [0.4, 0.5) is 11.4 Å². The zero-order valence-electron chi connectivity index (χ0n) is 14.5. The summed E-state index contributed by atoms with van der Waals surface area (Å²) in [6.07, 6.45) is -0.211. The van der Waals surface area contributed by atoms with Crippen molar-refractivity contribution in [2.75, 3.05) is 10.6 Å². The number of thiazole rings is 1. The Hall–Kier alpha value is -3.50. The Balaban J connectivity index is 1.68. The van der Waals surface area contributed by atoms with Crippen LogP contribution in [0.15, 0.2) is 53.9 Å². The molecule has 3 rings (SSSR count). The average Bonchev–Trinajstić information content (AvgIpc) is 3.09. The van der Waals surface area contributed by atoms with Crippen LogP contribution in [0.1, 0.15) is 21.8 Å². The largest absolute Gasteiger partial charge is 0.325 e. The van der Waals surface area contributed by atoms with E-state index in [1.807, 2.05) is 36.6 Å². The number of anilines is 2. The number of hydrogen-bond donors (Lipinski definition) is 2. The summed E-state index contributed by atoms with van der Waals surface area (Å²) in [4.78, 5) is 28.3. The Morgan fingerprint density at radius 1 is 1.11 bits per heavy atom. The Morgan fingerprint density at radius 3 is 2.56 bits per heavy atom. The molecule has 0 saturated carbocycles. The molecule has 0 fully saturated rings. The first-order chi connectivity index (χ1) is 13.0. The van der Waals surface area contributed by atoms with E-state index >= 15 is 0 Å². The molecule has 2 amide bonds. The molecular formula is C20H16N4O2S. The highest BCUT2D eigenvalue weighted by atomic mass is 32.1. The first kappa shape index (κ1) is 18.3. The summed E-state index contributed by atoms with van der Waals surface area (Å²) in [6, 6.07) is 15.8. The van der Waals surface area contributed by atoms with E-state index in [9.17, 15) is 9.59 Å².